The first kappa shape index (κ1) is 20.2. The van der Waals surface area contributed by atoms with E-state index in [-0.39, 0.29) is 24.2 Å². The molecule has 0 aliphatic carbocycles. The van der Waals surface area contributed by atoms with Crippen LogP contribution >= 0.6 is 12.4 Å². The third-order valence-electron chi connectivity index (χ3n) is 5.15. The van der Waals surface area contributed by atoms with Gasteiger partial charge in [-0.1, -0.05) is 30.3 Å². The summed E-state index contributed by atoms with van der Waals surface area (Å²) in [4.78, 5) is 17.1. The van der Waals surface area contributed by atoms with Crippen LogP contribution in [0.25, 0.3) is 0 Å². The van der Waals surface area contributed by atoms with Gasteiger partial charge in [0.2, 0.25) is 5.91 Å². The van der Waals surface area contributed by atoms with Gasteiger partial charge < -0.3 is 10.6 Å². The molecule has 0 aromatic heterocycles. The monoisotopic (exact) mass is 366 g/mol. The SMILES string of the molecule is Cl.O=C(NCCN1CCN(Cc2ccccc2)CC1)C1CCNCC1. The molecule has 6 heteroatoms. The topological polar surface area (TPSA) is 47.6 Å². The highest BCUT2D eigenvalue weighted by Crippen LogP contribution is 2.11. The Balaban J connectivity index is 0.00000225. The van der Waals surface area contributed by atoms with Crippen LogP contribution in [0.4, 0.5) is 0 Å². The molecule has 140 valence electrons. The number of nitrogens with one attached hydrogen (secondary N) is 2. The second kappa shape index (κ2) is 10.8. The Labute approximate surface area is 157 Å². The van der Waals surface area contributed by atoms with Crippen LogP contribution in [0.15, 0.2) is 30.3 Å². The van der Waals surface area contributed by atoms with E-state index in [4.69, 9.17) is 0 Å². The fourth-order valence-corrected chi connectivity index (χ4v) is 3.58. The molecule has 1 aromatic carbocycles. The lowest BCUT2D eigenvalue weighted by atomic mass is 9.97. The summed E-state index contributed by atoms with van der Waals surface area (Å²) in [7, 11) is 0. The predicted octanol–water partition coefficient (Wildman–Crippen LogP) is 1.34. The maximum Gasteiger partial charge on any atom is 0.223 e. The lowest BCUT2D eigenvalue weighted by Crippen LogP contribution is -2.48. The van der Waals surface area contributed by atoms with Crippen molar-refractivity contribution in [2.24, 2.45) is 5.92 Å². The lowest BCUT2D eigenvalue weighted by Gasteiger charge is -2.34. The molecule has 0 atom stereocenters. The Morgan fingerprint density at radius 1 is 1.04 bits per heavy atom. The maximum absolute atomic E-state index is 12.1. The van der Waals surface area contributed by atoms with E-state index < -0.39 is 0 Å². The summed E-state index contributed by atoms with van der Waals surface area (Å²) in [5.74, 6) is 0.466. The van der Waals surface area contributed by atoms with Crippen molar-refractivity contribution in [1.29, 1.82) is 0 Å². The normalized spacial score (nSPS) is 20.0. The van der Waals surface area contributed by atoms with E-state index in [0.29, 0.717) is 0 Å². The molecule has 2 saturated heterocycles. The minimum atomic E-state index is 0. The van der Waals surface area contributed by atoms with Crippen molar-refractivity contribution in [2.75, 3.05) is 52.4 Å². The summed E-state index contributed by atoms with van der Waals surface area (Å²) in [6.07, 6.45) is 1.95. The van der Waals surface area contributed by atoms with E-state index in [1.54, 1.807) is 0 Å². The van der Waals surface area contributed by atoms with Gasteiger partial charge in [-0.15, -0.1) is 12.4 Å². The number of piperazine rings is 1. The Hall–Kier alpha value is -1.14. The van der Waals surface area contributed by atoms with Crippen molar-refractivity contribution < 1.29 is 4.79 Å². The first-order chi connectivity index (χ1) is 11.8. The number of hydrogen-bond donors (Lipinski definition) is 2. The van der Waals surface area contributed by atoms with Gasteiger partial charge in [0.25, 0.3) is 0 Å². The molecule has 0 saturated carbocycles. The Morgan fingerprint density at radius 3 is 2.36 bits per heavy atom. The van der Waals surface area contributed by atoms with Gasteiger partial charge in [0.15, 0.2) is 0 Å². The molecule has 25 heavy (non-hydrogen) atoms. The molecular weight excluding hydrogens is 336 g/mol. The molecule has 0 bridgehead atoms. The van der Waals surface area contributed by atoms with E-state index in [2.05, 4.69) is 50.8 Å². The molecule has 2 aliphatic heterocycles. The van der Waals surface area contributed by atoms with E-state index in [9.17, 15) is 4.79 Å². The van der Waals surface area contributed by atoms with Gasteiger partial charge >= 0.3 is 0 Å². The first-order valence-electron chi connectivity index (χ1n) is 9.28. The van der Waals surface area contributed by atoms with Crippen LogP contribution in [-0.2, 0) is 11.3 Å². The number of amides is 1. The smallest absolute Gasteiger partial charge is 0.223 e. The van der Waals surface area contributed by atoms with E-state index in [1.807, 2.05) is 0 Å². The van der Waals surface area contributed by atoms with Crippen LogP contribution in [-0.4, -0.2) is 68.1 Å². The Bertz CT molecular complexity index is 499. The fraction of sp³-hybridized carbons (Fsp3) is 0.632. The zero-order valence-corrected chi connectivity index (χ0v) is 15.8. The summed E-state index contributed by atoms with van der Waals surface area (Å²) >= 11 is 0. The molecular formula is C19H31ClN4O. The van der Waals surface area contributed by atoms with Gasteiger partial charge in [-0.2, -0.15) is 0 Å². The van der Waals surface area contributed by atoms with Crippen LogP contribution in [0.2, 0.25) is 0 Å². The molecule has 3 rings (SSSR count). The number of rotatable bonds is 6. The van der Waals surface area contributed by atoms with Crippen molar-refractivity contribution in [2.45, 2.75) is 19.4 Å². The molecule has 2 aliphatic rings. The van der Waals surface area contributed by atoms with Crippen LogP contribution in [0.1, 0.15) is 18.4 Å². The zero-order valence-electron chi connectivity index (χ0n) is 15.0. The number of halogens is 1. The van der Waals surface area contributed by atoms with Gasteiger partial charge in [0, 0.05) is 51.7 Å². The second-order valence-corrected chi connectivity index (χ2v) is 6.92. The Morgan fingerprint density at radius 2 is 1.68 bits per heavy atom. The van der Waals surface area contributed by atoms with E-state index in [0.717, 1.165) is 71.7 Å². The molecule has 1 amide bonds. The predicted molar refractivity (Wildman–Crippen MR) is 104 cm³/mol. The molecule has 1 aromatic rings. The molecule has 0 unspecified atom stereocenters. The van der Waals surface area contributed by atoms with Crippen LogP contribution in [0, 0.1) is 5.92 Å². The Kier molecular flexibility index (Phi) is 8.68. The first-order valence-corrected chi connectivity index (χ1v) is 9.28. The van der Waals surface area contributed by atoms with Crippen molar-refractivity contribution >= 4 is 18.3 Å². The minimum Gasteiger partial charge on any atom is -0.355 e. The van der Waals surface area contributed by atoms with Gasteiger partial charge in [0.1, 0.15) is 0 Å². The third kappa shape index (κ3) is 6.59. The molecule has 2 heterocycles. The number of hydrogen-bond acceptors (Lipinski definition) is 4. The highest BCUT2D eigenvalue weighted by molar-refractivity contribution is 5.85. The summed E-state index contributed by atoms with van der Waals surface area (Å²) in [5, 5.41) is 6.43. The molecule has 0 radical (unpaired) electrons. The van der Waals surface area contributed by atoms with Crippen molar-refractivity contribution in [3.8, 4) is 0 Å². The van der Waals surface area contributed by atoms with Gasteiger partial charge in [-0.25, -0.2) is 0 Å². The number of carbonyl (C=O) groups excluding carboxylic acids is 1. The standard InChI is InChI=1S/C19H30N4O.ClH/c24-19(18-6-8-20-9-7-18)21-10-11-22-12-14-23(15-13-22)16-17-4-2-1-3-5-17;/h1-5,18,20H,6-16H2,(H,21,24);1H. The average molecular weight is 367 g/mol. The third-order valence-corrected chi connectivity index (χ3v) is 5.15. The average Bonchev–Trinajstić information content (AvgIpc) is 2.65. The number of carbonyl (C=O) groups is 1. The van der Waals surface area contributed by atoms with Crippen LogP contribution in [0.5, 0.6) is 0 Å². The van der Waals surface area contributed by atoms with Crippen LogP contribution < -0.4 is 10.6 Å². The quantitative estimate of drug-likeness (QED) is 0.797. The molecule has 0 spiro atoms. The summed E-state index contributed by atoms with van der Waals surface area (Å²) in [6.45, 7) is 9.14. The second-order valence-electron chi connectivity index (χ2n) is 6.92. The molecule has 2 N–H and O–H groups in total. The van der Waals surface area contributed by atoms with Gasteiger partial charge in [-0.05, 0) is 31.5 Å². The lowest BCUT2D eigenvalue weighted by molar-refractivity contribution is -0.125. The highest BCUT2D eigenvalue weighted by atomic mass is 35.5. The minimum absolute atomic E-state index is 0. The molecule has 5 nitrogen and oxygen atoms in total. The number of benzene rings is 1. The van der Waals surface area contributed by atoms with E-state index in [1.165, 1.54) is 5.56 Å². The largest absolute Gasteiger partial charge is 0.355 e. The number of nitrogens with zero attached hydrogens (tertiary/aromatic N) is 2. The van der Waals surface area contributed by atoms with E-state index >= 15 is 0 Å². The fourth-order valence-electron chi connectivity index (χ4n) is 3.58. The zero-order chi connectivity index (χ0) is 16.6. The summed E-state index contributed by atoms with van der Waals surface area (Å²) < 4.78 is 0. The van der Waals surface area contributed by atoms with Crippen molar-refractivity contribution in [3.05, 3.63) is 35.9 Å². The van der Waals surface area contributed by atoms with Gasteiger partial charge in [0.05, 0.1) is 0 Å². The molecule has 2 fully saturated rings. The summed E-state index contributed by atoms with van der Waals surface area (Å²) in [5.41, 5.74) is 1.39. The number of piperidine rings is 1. The maximum atomic E-state index is 12.1. The van der Waals surface area contributed by atoms with Crippen molar-refractivity contribution in [3.63, 3.8) is 0 Å². The van der Waals surface area contributed by atoms with Gasteiger partial charge in [-0.3, -0.25) is 14.6 Å². The summed E-state index contributed by atoms with van der Waals surface area (Å²) in [6, 6.07) is 10.7. The highest BCUT2D eigenvalue weighted by Gasteiger charge is 2.21. The van der Waals surface area contributed by atoms with Crippen molar-refractivity contribution in [1.82, 2.24) is 20.4 Å². The van der Waals surface area contributed by atoms with Crippen LogP contribution in [0.3, 0.4) is 0 Å².